The topological polar surface area (TPSA) is 379 Å². The first-order valence-electron chi connectivity index (χ1n) is 4.98. The fraction of sp³-hybridized carbons (Fsp3) is 0.556. The molecule has 2 unspecified atom stereocenters. The van der Waals surface area contributed by atoms with Crippen LogP contribution in [0.3, 0.4) is 0 Å². The van der Waals surface area contributed by atoms with E-state index in [2.05, 4.69) is 0 Å². The largest absolute Gasteiger partial charge is 2.00 e. The molecular formula is C9H23CaNO15. The summed E-state index contributed by atoms with van der Waals surface area (Å²) in [6.45, 7) is 0. The Hall–Kier alpha value is -1.18. The van der Waals surface area contributed by atoms with Crippen LogP contribution in [0.15, 0.2) is 0 Å². The van der Waals surface area contributed by atoms with E-state index >= 15 is 0 Å². The standard InChI is InChI=1S/C5H9NO4.C4H6O6.Ca.5H2O/c6-3(5(9)10)1-2-4(7)8;5-1(3(7)8)2(6)4(9)10;;;;;;/h3H,1-2,6H2,(H,7,8)(H,9,10);1-2,5-6H,(H,7,8)(H,9,10);;5*1H2/q;;+2;;;;;/p-2/t3-;;;;;;;/m0......./s1. The molecule has 0 amide bonds. The van der Waals surface area contributed by atoms with Gasteiger partial charge in [-0.25, -0.2) is 0 Å². The molecule has 16 N–H and O–H groups in total. The molecule has 16 nitrogen and oxygen atoms in total. The Morgan fingerprint density at radius 2 is 1.08 bits per heavy atom. The predicted molar refractivity (Wildman–Crippen MR) is 78.3 cm³/mol. The van der Waals surface area contributed by atoms with Crippen molar-refractivity contribution in [2.75, 3.05) is 0 Å². The van der Waals surface area contributed by atoms with Gasteiger partial charge in [0.25, 0.3) is 0 Å². The van der Waals surface area contributed by atoms with Crippen LogP contribution in [-0.2, 0) is 19.2 Å². The van der Waals surface area contributed by atoms with Crippen LogP contribution in [-0.4, -0.2) is 128 Å². The second-order valence-corrected chi connectivity index (χ2v) is 3.40. The zero-order valence-corrected chi connectivity index (χ0v) is 15.4. The maximum absolute atomic E-state index is 9.99. The first-order chi connectivity index (χ1) is 9.00. The first-order valence-corrected chi connectivity index (χ1v) is 4.98. The Balaban J connectivity index is -0.0000000337. The van der Waals surface area contributed by atoms with Crippen molar-refractivity contribution in [1.29, 1.82) is 0 Å². The van der Waals surface area contributed by atoms with Crippen LogP contribution in [0.5, 0.6) is 0 Å². The molecule has 0 aromatic rings. The number of aliphatic carboxylic acids is 4. The van der Waals surface area contributed by atoms with Crippen LogP contribution >= 0.6 is 0 Å². The number of rotatable bonds is 7. The third-order valence-corrected chi connectivity index (χ3v) is 1.77. The molecule has 0 aliphatic heterocycles. The van der Waals surface area contributed by atoms with Crippen LogP contribution in [0.4, 0.5) is 0 Å². The van der Waals surface area contributed by atoms with E-state index in [-0.39, 0.29) is 78.0 Å². The minimum Gasteiger partial charge on any atom is -0.547 e. The van der Waals surface area contributed by atoms with Gasteiger partial charge in [-0.15, -0.1) is 0 Å². The number of carboxylic acid groups (broad SMARTS) is 4. The summed E-state index contributed by atoms with van der Waals surface area (Å²) in [5.74, 6) is -6.31. The molecule has 0 rings (SSSR count). The van der Waals surface area contributed by atoms with Crippen LogP contribution in [0.2, 0.25) is 0 Å². The van der Waals surface area contributed by atoms with E-state index in [0.717, 1.165) is 0 Å². The van der Waals surface area contributed by atoms with Gasteiger partial charge < -0.3 is 73.3 Å². The molecule has 0 heterocycles. The first kappa shape index (κ1) is 49.8. The summed E-state index contributed by atoms with van der Waals surface area (Å²) < 4.78 is 0. The number of aliphatic hydroxyl groups excluding tert-OH is 2. The Morgan fingerprint density at radius 1 is 0.808 bits per heavy atom. The van der Waals surface area contributed by atoms with Crippen molar-refractivity contribution in [3.05, 3.63) is 0 Å². The van der Waals surface area contributed by atoms with E-state index in [4.69, 9.17) is 26.2 Å². The monoisotopic (exact) mass is 425 g/mol. The average Bonchev–Trinajstić information content (AvgIpc) is 2.34. The van der Waals surface area contributed by atoms with Gasteiger partial charge in [-0.3, -0.25) is 9.59 Å². The minimum atomic E-state index is -2.44. The molecule has 0 saturated heterocycles. The van der Waals surface area contributed by atoms with Crippen molar-refractivity contribution >= 4 is 61.6 Å². The van der Waals surface area contributed by atoms with Gasteiger partial charge in [-0.1, -0.05) is 0 Å². The summed E-state index contributed by atoms with van der Waals surface area (Å²) in [5, 5.41) is 52.0. The smallest absolute Gasteiger partial charge is 0.547 e. The van der Waals surface area contributed by atoms with Gasteiger partial charge in [-0.2, -0.15) is 0 Å². The molecule has 17 heteroatoms. The van der Waals surface area contributed by atoms with E-state index in [1.54, 1.807) is 0 Å². The number of hydrogen-bond donors (Lipinski definition) is 5. The van der Waals surface area contributed by atoms with Gasteiger partial charge in [0.2, 0.25) is 0 Å². The van der Waals surface area contributed by atoms with Gasteiger partial charge >= 0.3 is 49.7 Å². The molecule has 0 bridgehead atoms. The molecule has 0 aliphatic rings. The van der Waals surface area contributed by atoms with E-state index in [0.29, 0.717) is 0 Å². The molecule has 0 fully saturated rings. The molecule has 26 heavy (non-hydrogen) atoms. The summed E-state index contributed by atoms with van der Waals surface area (Å²) in [6.07, 6.45) is -5.10. The van der Waals surface area contributed by atoms with Gasteiger partial charge in [-0.05, 0) is 6.42 Å². The fourth-order valence-electron chi connectivity index (χ4n) is 0.660. The number of nitrogens with two attached hydrogens (primary N) is 1. The third kappa shape index (κ3) is 27.7. The Kier molecular flexibility index (Phi) is 49.9. The number of carbonyl (C=O) groups is 4. The van der Waals surface area contributed by atoms with Crippen LogP contribution in [0.1, 0.15) is 12.8 Å². The van der Waals surface area contributed by atoms with E-state index in [1.165, 1.54) is 0 Å². The van der Waals surface area contributed by atoms with Crippen molar-refractivity contribution in [3.63, 3.8) is 0 Å². The fourth-order valence-corrected chi connectivity index (χ4v) is 0.660. The maximum Gasteiger partial charge on any atom is 2.00 e. The minimum absolute atomic E-state index is 0. The molecule has 0 aromatic carbocycles. The molecular weight excluding hydrogens is 402 g/mol. The summed E-state index contributed by atoms with van der Waals surface area (Å²) >= 11 is 0. The number of hydrogen-bond acceptors (Lipinski definition) is 9. The Bertz CT molecular complexity index is 360. The van der Waals surface area contributed by atoms with Gasteiger partial charge in [0, 0.05) is 6.42 Å². The third-order valence-electron chi connectivity index (χ3n) is 1.77. The SMILES string of the molecule is N[C@@H](CCC(=O)O)C(=O)O.O.O.O.O.O.O=C([O-])C(O)C(O)C(=O)[O-].[Ca+2]. The van der Waals surface area contributed by atoms with Gasteiger partial charge in [0.1, 0.15) is 18.2 Å². The Labute approximate surface area is 175 Å². The summed E-state index contributed by atoms with van der Waals surface area (Å²) in [6, 6.07) is -1.06. The van der Waals surface area contributed by atoms with E-state index in [1.807, 2.05) is 0 Å². The number of aliphatic hydroxyl groups is 2. The molecule has 0 spiro atoms. The number of carboxylic acids is 4. The molecule has 3 atom stereocenters. The Morgan fingerprint density at radius 3 is 1.23 bits per heavy atom. The molecule has 156 valence electrons. The second kappa shape index (κ2) is 26.1. The van der Waals surface area contributed by atoms with E-state index in [9.17, 15) is 29.4 Å². The van der Waals surface area contributed by atoms with Crippen LogP contribution in [0, 0.1) is 0 Å². The summed E-state index contributed by atoms with van der Waals surface area (Å²) in [7, 11) is 0. The van der Waals surface area contributed by atoms with Crippen molar-refractivity contribution in [2.45, 2.75) is 31.1 Å². The molecule has 0 aliphatic carbocycles. The normalized spacial score (nSPS) is 10.9. The van der Waals surface area contributed by atoms with Gasteiger partial charge in [0.05, 0.1) is 11.9 Å². The number of carbonyl (C=O) groups excluding carboxylic acids is 2. The molecule has 0 saturated carbocycles. The average molecular weight is 425 g/mol. The summed E-state index contributed by atoms with van der Waals surface area (Å²) in [4.78, 5) is 39.1. The zero-order chi connectivity index (χ0) is 16.5. The maximum atomic E-state index is 9.99. The predicted octanol–water partition coefficient (Wildman–Crippen LogP) is -10.0. The zero-order valence-electron chi connectivity index (χ0n) is 13.2. The van der Waals surface area contributed by atoms with Crippen molar-refractivity contribution < 1.29 is 77.2 Å². The van der Waals surface area contributed by atoms with E-state index < -0.39 is 42.1 Å². The van der Waals surface area contributed by atoms with Crippen LogP contribution in [0.25, 0.3) is 0 Å². The molecule has 0 aromatic heterocycles. The summed E-state index contributed by atoms with van der Waals surface area (Å²) in [5.41, 5.74) is 5.00. The van der Waals surface area contributed by atoms with Crippen molar-refractivity contribution in [2.24, 2.45) is 5.73 Å². The van der Waals surface area contributed by atoms with Crippen molar-refractivity contribution in [3.8, 4) is 0 Å². The van der Waals surface area contributed by atoms with Gasteiger partial charge in [0.15, 0.2) is 0 Å². The van der Waals surface area contributed by atoms with Crippen LogP contribution < -0.4 is 15.9 Å². The quantitative estimate of drug-likeness (QED) is 0.238. The second-order valence-electron chi connectivity index (χ2n) is 3.40. The molecule has 0 radical (unpaired) electrons. The van der Waals surface area contributed by atoms with Crippen molar-refractivity contribution in [1.82, 2.24) is 0 Å².